The largest absolute Gasteiger partial charge is 0.352 e. The third kappa shape index (κ3) is 4.51. The van der Waals surface area contributed by atoms with Gasteiger partial charge in [-0.1, -0.05) is 25.7 Å². The summed E-state index contributed by atoms with van der Waals surface area (Å²) in [6, 6.07) is -0.962. The minimum Gasteiger partial charge on any atom is -0.352 e. The van der Waals surface area contributed by atoms with E-state index < -0.39 is 12.1 Å². The highest BCUT2D eigenvalue weighted by Crippen LogP contribution is 2.17. The van der Waals surface area contributed by atoms with Crippen molar-refractivity contribution in [3.63, 3.8) is 0 Å². The molecule has 5 heteroatoms. The molecule has 1 fully saturated rings. The van der Waals surface area contributed by atoms with Gasteiger partial charge in [0.15, 0.2) is 0 Å². The maximum atomic E-state index is 11.7. The molecular weight excluding hydrogens is 206 g/mol. The second-order valence-corrected chi connectivity index (χ2v) is 4.43. The fourth-order valence-electron chi connectivity index (χ4n) is 2.03. The van der Waals surface area contributed by atoms with Crippen molar-refractivity contribution in [2.75, 3.05) is 0 Å². The molecule has 16 heavy (non-hydrogen) atoms. The molecule has 0 saturated heterocycles. The molecule has 0 aromatic heterocycles. The third-order valence-electron chi connectivity index (χ3n) is 2.95. The van der Waals surface area contributed by atoms with Crippen molar-refractivity contribution in [2.24, 2.45) is 5.73 Å². The number of amides is 3. The standard InChI is InChI=1S/C11H21N3O2/c1-8(13-11(12)16)10(15)14-9-6-4-2-3-5-7-9/h8-9H,2-7H2,1H3,(H,14,15)(H3,12,13,16)/t8-/m1/s1. The van der Waals surface area contributed by atoms with Crippen LogP contribution in [0.3, 0.4) is 0 Å². The molecule has 0 unspecified atom stereocenters. The van der Waals surface area contributed by atoms with Crippen LogP contribution in [0.5, 0.6) is 0 Å². The first-order valence-corrected chi connectivity index (χ1v) is 5.96. The van der Waals surface area contributed by atoms with Crippen LogP contribution in [0.1, 0.15) is 45.4 Å². The van der Waals surface area contributed by atoms with Gasteiger partial charge in [-0.15, -0.1) is 0 Å². The van der Waals surface area contributed by atoms with E-state index in [-0.39, 0.29) is 11.9 Å². The normalized spacial score (nSPS) is 19.6. The van der Waals surface area contributed by atoms with Crippen LogP contribution in [0.2, 0.25) is 0 Å². The fraction of sp³-hybridized carbons (Fsp3) is 0.818. The Morgan fingerprint density at radius 3 is 2.25 bits per heavy atom. The lowest BCUT2D eigenvalue weighted by Crippen LogP contribution is -2.49. The second-order valence-electron chi connectivity index (χ2n) is 4.43. The van der Waals surface area contributed by atoms with E-state index in [9.17, 15) is 9.59 Å². The van der Waals surface area contributed by atoms with Crippen molar-refractivity contribution in [3.05, 3.63) is 0 Å². The first kappa shape index (κ1) is 12.8. The van der Waals surface area contributed by atoms with E-state index in [1.165, 1.54) is 25.7 Å². The summed E-state index contributed by atoms with van der Waals surface area (Å²) >= 11 is 0. The Bertz CT molecular complexity index is 248. The van der Waals surface area contributed by atoms with Gasteiger partial charge in [-0.25, -0.2) is 4.79 Å². The molecule has 0 aromatic carbocycles. The van der Waals surface area contributed by atoms with Gasteiger partial charge in [0.1, 0.15) is 6.04 Å². The molecule has 0 spiro atoms. The van der Waals surface area contributed by atoms with E-state index >= 15 is 0 Å². The minimum absolute atomic E-state index is 0.147. The molecule has 1 atom stereocenters. The topological polar surface area (TPSA) is 84.2 Å². The number of carbonyl (C=O) groups excluding carboxylic acids is 2. The first-order valence-electron chi connectivity index (χ1n) is 5.96. The van der Waals surface area contributed by atoms with E-state index in [1.54, 1.807) is 6.92 Å². The van der Waals surface area contributed by atoms with Gasteiger partial charge in [-0.05, 0) is 19.8 Å². The molecule has 1 saturated carbocycles. The van der Waals surface area contributed by atoms with Gasteiger partial charge >= 0.3 is 6.03 Å². The molecule has 92 valence electrons. The summed E-state index contributed by atoms with van der Waals surface area (Å²) in [5.41, 5.74) is 4.96. The van der Waals surface area contributed by atoms with Gasteiger partial charge in [0.2, 0.25) is 5.91 Å². The number of hydrogen-bond acceptors (Lipinski definition) is 2. The van der Waals surface area contributed by atoms with Crippen LogP contribution in [-0.4, -0.2) is 24.0 Å². The molecule has 0 aromatic rings. The molecule has 0 heterocycles. The van der Waals surface area contributed by atoms with Gasteiger partial charge in [0, 0.05) is 6.04 Å². The van der Waals surface area contributed by atoms with Crippen molar-refractivity contribution in [2.45, 2.75) is 57.5 Å². The fourth-order valence-corrected chi connectivity index (χ4v) is 2.03. The molecular formula is C11H21N3O2. The highest BCUT2D eigenvalue weighted by atomic mass is 16.2. The summed E-state index contributed by atoms with van der Waals surface area (Å²) in [5.74, 6) is -0.147. The van der Waals surface area contributed by atoms with Crippen LogP contribution >= 0.6 is 0 Å². The molecule has 0 aliphatic heterocycles. The van der Waals surface area contributed by atoms with E-state index in [4.69, 9.17) is 5.73 Å². The number of primary amides is 1. The molecule has 1 aliphatic rings. The number of nitrogens with one attached hydrogen (secondary N) is 2. The van der Waals surface area contributed by atoms with Crippen LogP contribution in [0.15, 0.2) is 0 Å². The van der Waals surface area contributed by atoms with Crippen molar-refractivity contribution < 1.29 is 9.59 Å². The molecule has 1 rings (SSSR count). The average molecular weight is 227 g/mol. The molecule has 4 N–H and O–H groups in total. The predicted molar refractivity (Wildman–Crippen MR) is 61.8 cm³/mol. The molecule has 1 aliphatic carbocycles. The van der Waals surface area contributed by atoms with Crippen LogP contribution < -0.4 is 16.4 Å². The van der Waals surface area contributed by atoms with E-state index in [0.717, 1.165) is 12.8 Å². The van der Waals surface area contributed by atoms with E-state index in [2.05, 4.69) is 10.6 Å². The number of urea groups is 1. The number of rotatable bonds is 3. The highest BCUT2D eigenvalue weighted by molar-refractivity contribution is 5.86. The molecule has 0 bridgehead atoms. The summed E-state index contributed by atoms with van der Waals surface area (Å²) in [5, 5.41) is 5.33. The Labute approximate surface area is 96.1 Å². The Morgan fingerprint density at radius 2 is 1.75 bits per heavy atom. The molecule has 5 nitrogen and oxygen atoms in total. The Kier molecular flexibility index (Phi) is 5.08. The van der Waals surface area contributed by atoms with Gasteiger partial charge in [-0.2, -0.15) is 0 Å². The zero-order valence-corrected chi connectivity index (χ0v) is 9.79. The van der Waals surface area contributed by atoms with Gasteiger partial charge in [-0.3, -0.25) is 4.79 Å². The second kappa shape index (κ2) is 6.35. The highest BCUT2D eigenvalue weighted by Gasteiger charge is 2.19. The van der Waals surface area contributed by atoms with Gasteiger partial charge in [0.05, 0.1) is 0 Å². The Hall–Kier alpha value is -1.26. The molecule has 3 amide bonds. The van der Waals surface area contributed by atoms with Crippen molar-refractivity contribution in [1.82, 2.24) is 10.6 Å². The summed E-state index contributed by atoms with van der Waals surface area (Å²) in [7, 11) is 0. The van der Waals surface area contributed by atoms with E-state index in [1.807, 2.05) is 0 Å². The van der Waals surface area contributed by atoms with Gasteiger partial charge < -0.3 is 16.4 Å². The summed E-state index contributed by atoms with van der Waals surface area (Å²) < 4.78 is 0. The quantitative estimate of drug-likeness (QED) is 0.625. The zero-order chi connectivity index (χ0) is 12.0. The van der Waals surface area contributed by atoms with Gasteiger partial charge in [0.25, 0.3) is 0 Å². The monoisotopic (exact) mass is 227 g/mol. The SMILES string of the molecule is C[C@@H](NC(N)=O)C(=O)NC1CCCCCC1. The third-order valence-corrected chi connectivity index (χ3v) is 2.95. The summed E-state index contributed by atoms with van der Waals surface area (Å²) in [4.78, 5) is 22.3. The maximum absolute atomic E-state index is 11.7. The van der Waals surface area contributed by atoms with Crippen LogP contribution in [0.4, 0.5) is 4.79 Å². The zero-order valence-electron chi connectivity index (χ0n) is 9.79. The number of nitrogens with two attached hydrogens (primary N) is 1. The van der Waals surface area contributed by atoms with Crippen LogP contribution in [-0.2, 0) is 4.79 Å². The average Bonchev–Trinajstić information content (AvgIpc) is 2.45. The minimum atomic E-state index is -0.663. The van der Waals surface area contributed by atoms with Crippen molar-refractivity contribution in [1.29, 1.82) is 0 Å². The lowest BCUT2D eigenvalue weighted by atomic mass is 10.1. The summed E-state index contributed by atoms with van der Waals surface area (Å²) in [6.45, 7) is 1.64. The predicted octanol–water partition coefficient (Wildman–Crippen LogP) is 0.882. The van der Waals surface area contributed by atoms with Crippen molar-refractivity contribution >= 4 is 11.9 Å². The number of carbonyl (C=O) groups is 2. The lowest BCUT2D eigenvalue weighted by Gasteiger charge is -2.19. The smallest absolute Gasteiger partial charge is 0.312 e. The van der Waals surface area contributed by atoms with Crippen LogP contribution in [0, 0.1) is 0 Å². The lowest BCUT2D eigenvalue weighted by molar-refractivity contribution is -0.123. The molecule has 0 radical (unpaired) electrons. The van der Waals surface area contributed by atoms with Crippen LogP contribution in [0.25, 0.3) is 0 Å². The van der Waals surface area contributed by atoms with Crippen molar-refractivity contribution in [3.8, 4) is 0 Å². The summed E-state index contributed by atoms with van der Waals surface area (Å²) in [6.07, 6.45) is 6.91. The number of hydrogen-bond donors (Lipinski definition) is 3. The first-order chi connectivity index (χ1) is 7.59. The Morgan fingerprint density at radius 1 is 1.19 bits per heavy atom. The maximum Gasteiger partial charge on any atom is 0.312 e. The van der Waals surface area contributed by atoms with E-state index in [0.29, 0.717) is 0 Å². The Balaban J connectivity index is 2.34.